The number of ether oxygens (including phenoxy) is 1. The van der Waals surface area contributed by atoms with Crippen LogP contribution in [-0.4, -0.2) is 81.6 Å². The number of rotatable bonds is 12. The number of aromatic nitrogens is 4. The van der Waals surface area contributed by atoms with E-state index in [4.69, 9.17) is 29.8 Å². The topological polar surface area (TPSA) is 196 Å². The Labute approximate surface area is 295 Å². The highest BCUT2D eigenvalue weighted by Crippen LogP contribution is 2.52. The molecule has 15 nitrogen and oxygen atoms in total. The number of fused-ring (bicyclic) bond motifs is 1. The molecule has 1 unspecified atom stereocenters. The van der Waals surface area contributed by atoms with E-state index in [2.05, 4.69) is 25.6 Å². The first kappa shape index (κ1) is 37.5. The zero-order valence-electron chi connectivity index (χ0n) is 28.4. The summed E-state index contributed by atoms with van der Waals surface area (Å²) in [4.78, 5) is 48.8. The highest BCUT2D eigenvalue weighted by atomic mass is 35.5. The Balaban J connectivity index is 1.47. The smallest absolute Gasteiger partial charge is 0.407 e. The first-order chi connectivity index (χ1) is 23.5. The van der Waals surface area contributed by atoms with E-state index in [0.717, 1.165) is 0 Å². The summed E-state index contributed by atoms with van der Waals surface area (Å²) in [6.45, 7) is 9.47. The van der Waals surface area contributed by atoms with Crippen molar-refractivity contribution in [2.75, 3.05) is 19.0 Å². The molecule has 1 saturated heterocycles. The van der Waals surface area contributed by atoms with Gasteiger partial charge in [0, 0.05) is 12.6 Å². The Kier molecular flexibility index (Phi) is 11.1. The molecule has 0 radical (unpaired) electrons. The maximum Gasteiger partial charge on any atom is 0.527 e. The summed E-state index contributed by atoms with van der Waals surface area (Å²) in [6.07, 6.45) is -1.87. The first-order valence-corrected chi connectivity index (χ1v) is 20.5. The number of nitrogens with one attached hydrogen (secondary N) is 2. The first-order valence-electron chi connectivity index (χ1n) is 15.7. The molecule has 3 heterocycles. The molecule has 2 amide bonds. The molecule has 0 bridgehead atoms. The van der Waals surface area contributed by atoms with Crippen molar-refractivity contribution in [2.24, 2.45) is 0 Å². The summed E-state index contributed by atoms with van der Waals surface area (Å²) in [5.41, 5.74) is 1.50. The molecule has 4 aromatic rings. The molecule has 1 aliphatic heterocycles. The number of carbonyl (C=O) groups is 2. The van der Waals surface area contributed by atoms with Crippen LogP contribution in [0.15, 0.2) is 61.2 Å². The minimum absolute atomic E-state index is 0.0164. The van der Waals surface area contributed by atoms with E-state index in [9.17, 15) is 24.2 Å². The number of halogens is 1. The highest BCUT2D eigenvalue weighted by Gasteiger charge is 2.54. The van der Waals surface area contributed by atoms with Crippen LogP contribution in [0.5, 0.6) is 5.75 Å². The normalized spacial score (nSPS) is 20.7. The second kappa shape index (κ2) is 14.9. The number of carbonyl (C=O) groups excluding carboxylic acids is 2. The monoisotopic (exact) mass is 746 g/mol. The number of hydrogen-bond acceptors (Lipinski definition) is 11. The van der Waals surface area contributed by atoms with Crippen LogP contribution in [0, 0.1) is 0 Å². The second-order valence-electron chi connectivity index (χ2n) is 13.2. The van der Waals surface area contributed by atoms with Crippen molar-refractivity contribution < 1.29 is 42.4 Å². The Bertz CT molecular complexity index is 1910. The van der Waals surface area contributed by atoms with Crippen molar-refractivity contribution in [2.45, 2.75) is 69.9 Å². The fourth-order valence-corrected chi connectivity index (χ4v) is 7.64. The molecule has 4 N–H and O–H groups in total. The van der Waals surface area contributed by atoms with Crippen LogP contribution in [0.4, 0.5) is 5.82 Å². The number of benzene rings is 2. The Morgan fingerprint density at radius 2 is 1.82 bits per heavy atom. The number of aliphatic hydroxyl groups excluding tert-OH is 1. The number of hydrogen-bond donors (Lipinski definition) is 4. The van der Waals surface area contributed by atoms with Gasteiger partial charge in [-0.05, 0) is 48.0 Å². The lowest BCUT2D eigenvalue weighted by Gasteiger charge is -2.40. The highest BCUT2D eigenvalue weighted by molar-refractivity contribution is 7.47. The van der Waals surface area contributed by atoms with Crippen molar-refractivity contribution in [3.63, 3.8) is 0 Å². The molecule has 18 heteroatoms. The van der Waals surface area contributed by atoms with Crippen molar-refractivity contribution in [1.82, 2.24) is 24.8 Å². The van der Waals surface area contributed by atoms with E-state index in [1.54, 1.807) is 34.9 Å². The van der Waals surface area contributed by atoms with Crippen molar-refractivity contribution >= 4 is 56.5 Å². The van der Waals surface area contributed by atoms with E-state index < -0.39 is 53.2 Å². The molecule has 1 fully saturated rings. The van der Waals surface area contributed by atoms with Crippen LogP contribution in [0.3, 0.4) is 0 Å². The van der Waals surface area contributed by atoms with Crippen molar-refractivity contribution in [1.29, 1.82) is 0 Å². The third kappa shape index (κ3) is 8.24. The number of amides is 2. The average Bonchev–Trinajstić information content (AvgIpc) is 3.63. The Morgan fingerprint density at radius 1 is 1.10 bits per heavy atom. The fraction of sp³-hybridized carbons (Fsp3) is 0.406. The third-order valence-electron chi connectivity index (χ3n) is 8.71. The maximum atomic E-state index is 13.6. The Hall–Kier alpha value is -3.73. The lowest BCUT2D eigenvalue weighted by Crippen LogP contribution is -2.49. The van der Waals surface area contributed by atoms with Gasteiger partial charge in [-0.25, -0.2) is 19.5 Å². The van der Waals surface area contributed by atoms with Gasteiger partial charge in [0.1, 0.15) is 30.4 Å². The molecule has 268 valence electrons. The van der Waals surface area contributed by atoms with E-state index in [-0.39, 0.29) is 45.1 Å². The van der Waals surface area contributed by atoms with Crippen molar-refractivity contribution in [3.05, 3.63) is 77.3 Å². The number of phosphoric ester groups is 1. The van der Waals surface area contributed by atoms with E-state index in [1.807, 2.05) is 33.9 Å². The predicted octanol–water partition coefficient (Wildman–Crippen LogP) is 4.87. The lowest BCUT2D eigenvalue weighted by molar-refractivity contribution is -0.119. The largest absolute Gasteiger partial charge is 0.527 e. The molecule has 0 aliphatic carbocycles. The van der Waals surface area contributed by atoms with Gasteiger partial charge in [0.2, 0.25) is 5.91 Å². The standard InChI is InChI=1S/C32H40ClN6O9PSi/c1-32(2,3)50(5,6)48-27-26(47-49(43,44)46-22-13-12-19(14-21(22)33)15-24(41)34-4)23(16-40)45-31(27)39-18-37-25-28(35-17-36-29(25)39)38-30(42)20-10-8-7-9-11-20/h7-14,17-18,23,26-27,31,40H,15-16H2,1-6H3,(H,34,41)(H,43,44)(H,35,36,38,42)/t23-,26-,27-,31-/m1/s1. The molecule has 1 aliphatic rings. The number of phosphoric acid groups is 1. The molecular formula is C32H40ClN6O9PSi. The van der Waals surface area contributed by atoms with Crippen molar-refractivity contribution in [3.8, 4) is 5.75 Å². The molecule has 2 aromatic heterocycles. The van der Waals surface area contributed by atoms with Crippen LogP contribution in [0.1, 0.15) is 42.9 Å². The fourth-order valence-electron chi connectivity index (χ4n) is 5.05. The summed E-state index contributed by atoms with van der Waals surface area (Å²) in [5, 5.41) is 15.4. The quantitative estimate of drug-likeness (QED) is 0.114. The van der Waals surface area contributed by atoms with Gasteiger partial charge in [0.05, 0.1) is 24.4 Å². The number of anilines is 1. The van der Waals surface area contributed by atoms with Gasteiger partial charge in [-0.1, -0.05) is 56.6 Å². The third-order valence-corrected chi connectivity index (χ3v) is 14.4. The summed E-state index contributed by atoms with van der Waals surface area (Å²) in [6, 6.07) is 13.0. The van der Waals surface area contributed by atoms with Crippen LogP contribution in [-0.2, 0) is 29.5 Å². The lowest BCUT2D eigenvalue weighted by atomic mass is 10.1. The average molecular weight is 747 g/mol. The van der Waals surface area contributed by atoms with Gasteiger partial charge < -0.3 is 29.4 Å². The van der Waals surface area contributed by atoms with E-state index in [0.29, 0.717) is 11.1 Å². The predicted molar refractivity (Wildman–Crippen MR) is 187 cm³/mol. The zero-order chi connectivity index (χ0) is 36.4. The summed E-state index contributed by atoms with van der Waals surface area (Å²) < 4.78 is 39.3. The zero-order valence-corrected chi connectivity index (χ0v) is 31.0. The number of aliphatic hydroxyl groups is 1. The van der Waals surface area contributed by atoms with E-state index >= 15 is 0 Å². The van der Waals surface area contributed by atoms with Gasteiger partial charge in [-0.15, -0.1) is 0 Å². The summed E-state index contributed by atoms with van der Waals surface area (Å²) in [7, 11) is -6.11. The number of nitrogens with zero attached hydrogens (tertiary/aromatic N) is 4. The maximum absolute atomic E-state index is 13.6. The van der Waals surface area contributed by atoms with Gasteiger partial charge in [0.25, 0.3) is 5.91 Å². The number of imidazole rings is 1. The van der Waals surface area contributed by atoms with Crippen LogP contribution in [0.2, 0.25) is 23.2 Å². The molecule has 50 heavy (non-hydrogen) atoms. The molecule has 0 spiro atoms. The van der Waals surface area contributed by atoms with Gasteiger partial charge in [-0.2, -0.15) is 0 Å². The molecule has 5 rings (SSSR count). The summed E-state index contributed by atoms with van der Waals surface area (Å²) in [5.74, 6) is -0.640. The van der Waals surface area contributed by atoms with Crippen LogP contribution >= 0.6 is 19.4 Å². The molecule has 2 aromatic carbocycles. The van der Waals surface area contributed by atoms with Gasteiger partial charge in [0.15, 0.2) is 31.5 Å². The van der Waals surface area contributed by atoms with E-state index in [1.165, 1.54) is 37.9 Å². The SMILES string of the molecule is CNC(=O)Cc1ccc(OP(=O)(O)O[C@H]2[C@@H](O[Si](C)(C)C(C)(C)C)[C@H](n3cnc4c(NC(=O)c5ccccc5)ncnc43)O[C@@H]2CO)c(Cl)c1. The Morgan fingerprint density at radius 3 is 2.46 bits per heavy atom. The minimum Gasteiger partial charge on any atom is -0.407 e. The summed E-state index contributed by atoms with van der Waals surface area (Å²) >= 11 is 6.35. The molecular weight excluding hydrogens is 707 g/mol. The minimum atomic E-state index is -4.95. The molecule has 5 atom stereocenters. The molecule has 0 saturated carbocycles. The van der Waals surface area contributed by atoms with Crippen LogP contribution in [0.25, 0.3) is 11.2 Å². The van der Waals surface area contributed by atoms with Gasteiger partial charge in [-0.3, -0.25) is 23.6 Å². The van der Waals surface area contributed by atoms with Gasteiger partial charge >= 0.3 is 7.82 Å². The number of likely N-dealkylation sites (N-methyl/N-ethyl adjacent to an activating group) is 1. The van der Waals surface area contributed by atoms with Crippen LogP contribution < -0.4 is 15.2 Å². The second-order valence-corrected chi connectivity index (χ2v) is 19.7.